The molecule has 3 N–H and O–H groups in total. The Hall–Kier alpha value is -1.47. The lowest BCUT2D eigenvalue weighted by Gasteiger charge is -2.10. The molecule has 0 aliphatic rings. The zero-order chi connectivity index (χ0) is 11.4. The minimum Gasteiger partial charge on any atom is -0.494 e. The van der Waals surface area contributed by atoms with Gasteiger partial charge in [0, 0.05) is 12.1 Å². The second kappa shape index (κ2) is 4.85. The lowest BCUT2D eigenvalue weighted by atomic mass is 10.2. The number of methoxy groups -OCH3 is 2. The third-order valence-corrected chi connectivity index (χ3v) is 2.00. The lowest BCUT2D eigenvalue weighted by molar-refractivity contribution is 0.379. The second-order valence-corrected chi connectivity index (χ2v) is 3.15. The largest absolute Gasteiger partial charge is 0.494 e. The average molecular weight is 233 g/mol. The van der Waals surface area contributed by atoms with Crippen molar-refractivity contribution in [3.8, 4) is 17.2 Å². The normalized spacial score (nSPS) is 11.9. The highest BCUT2D eigenvalue weighted by atomic mass is 32.2. The number of hydrogen-bond acceptors (Lipinski definition) is 5. The molecule has 15 heavy (non-hydrogen) atoms. The molecule has 1 unspecified atom stereocenters. The number of benzene rings is 1. The average Bonchev–Trinajstić information content (AvgIpc) is 2.19. The summed E-state index contributed by atoms with van der Waals surface area (Å²) in [4.78, 5) is 0. The van der Waals surface area contributed by atoms with E-state index in [4.69, 9.17) is 19.8 Å². The molecule has 0 aromatic heterocycles. The van der Waals surface area contributed by atoms with Crippen molar-refractivity contribution in [2.75, 3.05) is 20.0 Å². The molecule has 1 atom stereocenters. The maximum Gasteiger partial charge on any atom is 0.357 e. The van der Waals surface area contributed by atoms with Crippen LogP contribution < -0.4 is 19.4 Å². The molecule has 84 valence electrons. The van der Waals surface area contributed by atoms with E-state index in [0.29, 0.717) is 11.4 Å². The molecule has 0 saturated heterocycles. The molecule has 6 nitrogen and oxygen atoms in total. The van der Waals surface area contributed by atoms with Crippen molar-refractivity contribution >= 4 is 17.0 Å². The van der Waals surface area contributed by atoms with Gasteiger partial charge in [0.1, 0.15) is 5.75 Å². The molecule has 0 heterocycles. The molecular weight excluding hydrogens is 222 g/mol. The van der Waals surface area contributed by atoms with Gasteiger partial charge in [-0.2, -0.15) is 4.21 Å². The third kappa shape index (κ3) is 2.74. The molecule has 1 aromatic carbocycles. The smallest absolute Gasteiger partial charge is 0.357 e. The molecule has 7 heteroatoms. The quantitative estimate of drug-likeness (QED) is 0.590. The Morgan fingerprint density at radius 3 is 2.27 bits per heavy atom. The number of anilines is 1. The molecule has 0 saturated carbocycles. The topological polar surface area (TPSA) is 91.0 Å². The summed E-state index contributed by atoms with van der Waals surface area (Å²) in [5.74, 6) is 0.691. The summed E-state index contributed by atoms with van der Waals surface area (Å²) in [6.07, 6.45) is 0. The number of ether oxygens (including phenoxy) is 2. The lowest BCUT2D eigenvalue weighted by Crippen LogP contribution is -2.01. The van der Waals surface area contributed by atoms with Crippen LogP contribution in [0, 0.1) is 0 Å². The zero-order valence-electron chi connectivity index (χ0n) is 8.22. The van der Waals surface area contributed by atoms with Gasteiger partial charge < -0.3 is 19.4 Å². The highest BCUT2D eigenvalue weighted by molar-refractivity contribution is 7.74. The van der Waals surface area contributed by atoms with E-state index in [1.807, 2.05) is 0 Å². The maximum atomic E-state index is 10.5. The van der Waals surface area contributed by atoms with Crippen molar-refractivity contribution < 1.29 is 22.4 Å². The van der Waals surface area contributed by atoms with Gasteiger partial charge in [-0.3, -0.25) is 4.55 Å². The van der Waals surface area contributed by atoms with Crippen LogP contribution in [0.3, 0.4) is 0 Å². The van der Waals surface area contributed by atoms with Crippen LogP contribution in [-0.4, -0.2) is 23.0 Å². The van der Waals surface area contributed by atoms with Gasteiger partial charge in [0.05, 0.1) is 19.9 Å². The SMILES string of the molecule is COc1cc(OS(=O)O)c(OC)cc1N. The number of nitrogens with two attached hydrogens (primary N) is 1. The summed E-state index contributed by atoms with van der Waals surface area (Å²) in [5, 5.41) is 0. The molecule has 0 radical (unpaired) electrons. The van der Waals surface area contributed by atoms with E-state index in [0.717, 1.165) is 0 Å². The fourth-order valence-electron chi connectivity index (χ4n) is 1.04. The Morgan fingerprint density at radius 2 is 1.80 bits per heavy atom. The van der Waals surface area contributed by atoms with E-state index in [1.54, 1.807) is 0 Å². The van der Waals surface area contributed by atoms with E-state index in [2.05, 4.69) is 4.18 Å². The van der Waals surface area contributed by atoms with Gasteiger partial charge in [0.2, 0.25) is 0 Å². The Labute approximate surface area is 89.4 Å². The van der Waals surface area contributed by atoms with E-state index < -0.39 is 11.4 Å². The van der Waals surface area contributed by atoms with Crippen LogP contribution in [0.2, 0.25) is 0 Å². The monoisotopic (exact) mass is 233 g/mol. The van der Waals surface area contributed by atoms with Gasteiger partial charge in [-0.25, -0.2) is 0 Å². The van der Waals surface area contributed by atoms with Crippen LogP contribution in [-0.2, 0) is 11.4 Å². The summed E-state index contributed by atoms with van der Waals surface area (Å²) >= 11 is -2.42. The van der Waals surface area contributed by atoms with E-state index in [1.165, 1.54) is 26.4 Å². The van der Waals surface area contributed by atoms with Crippen molar-refractivity contribution in [2.24, 2.45) is 0 Å². The van der Waals surface area contributed by atoms with Gasteiger partial charge in [-0.1, -0.05) is 0 Å². The molecular formula is C8H11NO5S. The second-order valence-electron chi connectivity index (χ2n) is 2.55. The Balaban J connectivity index is 3.16. The van der Waals surface area contributed by atoms with Crippen LogP contribution in [0.15, 0.2) is 12.1 Å². The summed E-state index contributed by atoms with van der Waals surface area (Å²) in [6, 6.07) is 2.82. The minimum absolute atomic E-state index is 0.0874. The predicted molar refractivity (Wildman–Crippen MR) is 55.4 cm³/mol. The van der Waals surface area contributed by atoms with E-state index in [9.17, 15) is 4.21 Å². The van der Waals surface area contributed by atoms with Crippen molar-refractivity contribution in [1.29, 1.82) is 0 Å². The summed E-state index contributed by atoms with van der Waals surface area (Å²) in [7, 11) is 2.83. The molecule has 0 amide bonds. The van der Waals surface area contributed by atoms with Gasteiger partial charge in [0.25, 0.3) is 0 Å². The first-order chi connectivity index (χ1) is 7.08. The van der Waals surface area contributed by atoms with E-state index in [-0.39, 0.29) is 11.5 Å². The van der Waals surface area contributed by atoms with Crippen molar-refractivity contribution in [2.45, 2.75) is 0 Å². The molecule has 0 bridgehead atoms. The van der Waals surface area contributed by atoms with Crippen LogP contribution >= 0.6 is 0 Å². The Morgan fingerprint density at radius 1 is 1.20 bits per heavy atom. The molecule has 0 aliphatic heterocycles. The summed E-state index contributed by atoms with van der Waals surface area (Å²) in [6.45, 7) is 0. The highest BCUT2D eigenvalue weighted by Gasteiger charge is 2.12. The molecule has 1 rings (SSSR count). The summed E-state index contributed by atoms with van der Waals surface area (Å²) in [5.41, 5.74) is 5.96. The summed E-state index contributed by atoms with van der Waals surface area (Å²) < 4.78 is 33.5. The van der Waals surface area contributed by atoms with Crippen molar-refractivity contribution in [3.63, 3.8) is 0 Å². The highest BCUT2D eigenvalue weighted by Crippen LogP contribution is 2.36. The standard InChI is InChI=1S/C8H11NO5S/c1-12-6-4-8(14-15(10)11)7(13-2)3-5(6)9/h3-4H,9H2,1-2H3,(H,10,11). The van der Waals surface area contributed by atoms with Gasteiger partial charge in [-0.15, -0.1) is 0 Å². The number of hydrogen-bond donors (Lipinski definition) is 2. The first-order valence-corrected chi connectivity index (χ1v) is 4.92. The van der Waals surface area contributed by atoms with Crippen LogP contribution in [0.25, 0.3) is 0 Å². The molecule has 1 aromatic rings. The van der Waals surface area contributed by atoms with Gasteiger partial charge in [0.15, 0.2) is 11.5 Å². The first kappa shape index (κ1) is 11.6. The van der Waals surface area contributed by atoms with Crippen LogP contribution in [0.5, 0.6) is 17.2 Å². The number of nitrogen functional groups attached to an aromatic ring is 1. The molecule has 0 aliphatic carbocycles. The number of rotatable bonds is 4. The van der Waals surface area contributed by atoms with Crippen molar-refractivity contribution in [1.82, 2.24) is 0 Å². The maximum absolute atomic E-state index is 10.5. The fourth-order valence-corrected chi connectivity index (χ4v) is 1.32. The van der Waals surface area contributed by atoms with Gasteiger partial charge in [-0.05, 0) is 0 Å². The van der Waals surface area contributed by atoms with Crippen LogP contribution in [0.4, 0.5) is 5.69 Å². The third-order valence-electron chi connectivity index (χ3n) is 1.68. The van der Waals surface area contributed by atoms with Gasteiger partial charge >= 0.3 is 11.4 Å². The Bertz CT molecular complexity index is 382. The molecule has 0 spiro atoms. The first-order valence-electron chi connectivity index (χ1n) is 3.89. The van der Waals surface area contributed by atoms with Crippen LogP contribution in [0.1, 0.15) is 0 Å². The van der Waals surface area contributed by atoms with E-state index >= 15 is 0 Å². The zero-order valence-corrected chi connectivity index (χ0v) is 9.04. The molecule has 0 fully saturated rings. The fraction of sp³-hybridized carbons (Fsp3) is 0.250. The van der Waals surface area contributed by atoms with Crippen molar-refractivity contribution in [3.05, 3.63) is 12.1 Å². The Kier molecular flexibility index (Phi) is 3.75. The predicted octanol–water partition coefficient (Wildman–Crippen LogP) is 0.802. The minimum atomic E-state index is -2.42.